The van der Waals surface area contributed by atoms with Crippen LogP contribution in [-0.4, -0.2) is 18.7 Å². The van der Waals surface area contributed by atoms with Crippen LogP contribution in [0.5, 0.6) is 5.88 Å². The molecule has 15 heavy (non-hydrogen) atoms. The molecule has 80 valence electrons. The summed E-state index contributed by atoms with van der Waals surface area (Å²) < 4.78 is 10.6. The Kier molecular flexibility index (Phi) is 2.49. The number of rotatable bonds is 3. The standard InChI is InChI=1S/C12H15NO2/c1-4-12(2)8-15-11(12)9-5-6-10(14-3)13-7-9/h4-7,11H,1,8H2,2-3H3/t11-,12-/m1/s1. The predicted molar refractivity (Wildman–Crippen MR) is 57.8 cm³/mol. The first-order valence-electron chi connectivity index (χ1n) is 4.95. The molecule has 1 fully saturated rings. The lowest BCUT2D eigenvalue weighted by Gasteiger charge is -2.44. The molecule has 1 aromatic rings. The summed E-state index contributed by atoms with van der Waals surface area (Å²) in [5.74, 6) is 0.623. The molecule has 0 N–H and O–H groups in total. The minimum Gasteiger partial charge on any atom is -0.481 e. The van der Waals surface area contributed by atoms with E-state index in [1.54, 1.807) is 13.3 Å². The molecule has 0 aliphatic carbocycles. The van der Waals surface area contributed by atoms with Crippen molar-refractivity contribution in [2.75, 3.05) is 13.7 Å². The Morgan fingerprint density at radius 2 is 2.47 bits per heavy atom. The lowest BCUT2D eigenvalue weighted by molar-refractivity contribution is -0.155. The molecule has 3 heteroatoms. The number of aromatic nitrogens is 1. The topological polar surface area (TPSA) is 31.4 Å². The van der Waals surface area contributed by atoms with Crippen LogP contribution in [0.1, 0.15) is 18.6 Å². The summed E-state index contributed by atoms with van der Waals surface area (Å²) >= 11 is 0. The Hall–Kier alpha value is -1.35. The first kappa shape index (κ1) is 10.2. The summed E-state index contributed by atoms with van der Waals surface area (Å²) in [7, 11) is 1.61. The second-order valence-electron chi connectivity index (χ2n) is 4.03. The summed E-state index contributed by atoms with van der Waals surface area (Å²) in [5, 5.41) is 0. The van der Waals surface area contributed by atoms with Crippen LogP contribution < -0.4 is 4.74 Å². The van der Waals surface area contributed by atoms with Gasteiger partial charge in [0.25, 0.3) is 0 Å². The quantitative estimate of drug-likeness (QED) is 0.710. The molecule has 1 saturated heterocycles. The molecule has 1 aromatic heterocycles. The average molecular weight is 205 g/mol. The van der Waals surface area contributed by atoms with E-state index >= 15 is 0 Å². The summed E-state index contributed by atoms with van der Waals surface area (Å²) in [5.41, 5.74) is 1.11. The van der Waals surface area contributed by atoms with E-state index in [2.05, 4.69) is 18.5 Å². The molecule has 2 atom stereocenters. The van der Waals surface area contributed by atoms with Gasteiger partial charge >= 0.3 is 0 Å². The van der Waals surface area contributed by atoms with E-state index in [9.17, 15) is 0 Å². The van der Waals surface area contributed by atoms with Gasteiger partial charge in [0.2, 0.25) is 5.88 Å². The van der Waals surface area contributed by atoms with E-state index < -0.39 is 0 Å². The highest BCUT2D eigenvalue weighted by Gasteiger charge is 2.42. The Labute approximate surface area is 89.7 Å². The van der Waals surface area contributed by atoms with Gasteiger partial charge in [-0.3, -0.25) is 0 Å². The maximum Gasteiger partial charge on any atom is 0.212 e. The lowest BCUT2D eigenvalue weighted by atomic mass is 9.77. The third-order valence-electron chi connectivity index (χ3n) is 2.90. The van der Waals surface area contributed by atoms with Gasteiger partial charge in [-0.2, -0.15) is 0 Å². The van der Waals surface area contributed by atoms with Crippen LogP contribution in [0.25, 0.3) is 0 Å². The first-order chi connectivity index (χ1) is 7.19. The van der Waals surface area contributed by atoms with Crippen LogP contribution >= 0.6 is 0 Å². The van der Waals surface area contributed by atoms with E-state index in [4.69, 9.17) is 9.47 Å². The third kappa shape index (κ3) is 1.63. The normalized spacial score (nSPS) is 29.3. The maximum atomic E-state index is 5.54. The number of pyridine rings is 1. The van der Waals surface area contributed by atoms with Crippen molar-refractivity contribution in [3.05, 3.63) is 36.5 Å². The second-order valence-corrected chi connectivity index (χ2v) is 4.03. The van der Waals surface area contributed by atoms with Gasteiger partial charge in [-0.25, -0.2) is 4.98 Å². The number of hydrogen-bond donors (Lipinski definition) is 0. The minimum absolute atomic E-state index is 0.0380. The maximum absolute atomic E-state index is 5.54. The van der Waals surface area contributed by atoms with Crippen LogP contribution in [-0.2, 0) is 4.74 Å². The molecule has 1 aliphatic rings. The van der Waals surface area contributed by atoms with Crippen LogP contribution in [0.15, 0.2) is 31.0 Å². The van der Waals surface area contributed by atoms with Gasteiger partial charge in [0.1, 0.15) is 0 Å². The minimum atomic E-state index is 0.0380. The Morgan fingerprint density at radius 1 is 1.67 bits per heavy atom. The summed E-state index contributed by atoms with van der Waals surface area (Å²) in [4.78, 5) is 4.16. The summed E-state index contributed by atoms with van der Waals surface area (Å²) in [6.07, 6.45) is 3.82. The highest BCUT2D eigenvalue weighted by molar-refractivity contribution is 5.25. The van der Waals surface area contributed by atoms with Gasteiger partial charge in [0.15, 0.2) is 0 Å². The van der Waals surface area contributed by atoms with Crippen molar-refractivity contribution < 1.29 is 9.47 Å². The van der Waals surface area contributed by atoms with Crippen LogP contribution in [0.2, 0.25) is 0 Å². The molecule has 2 heterocycles. The Balaban J connectivity index is 2.20. The van der Waals surface area contributed by atoms with Crippen molar-refractivity contribution >= 4 is 0 Å². The molecule has 0 radical (unpaired) electrons. The number of nitrogens with zero attached hydrogens (tertiary/aromatic N) is 1. The van der Waals surface area contributed by atoms with Crippen molar-refractivity contribution in [2.45, 2.75) is 13.0 Å². The van der Waals surface area contributed by atoms with Gasteiger partial charge in [-0.1, -0.05) is 13.0 Å². The molecule has 0 bridgehead atoms. The van der Waals surface area contributed by atoms with Crippen molar-refractivity contribution in [2.24, 2.45) is 5.41 Å². The summed E-state index contributed by atoms with van der Waals surface area (Å²) in [6.45, 7) is 6.71. The van der Waals surface area contributed by atoms with Crippen LogP contribution in [0, 0.1) is 5.41 Å². The average Bonchev–Trinajstić information content (AvgIpc) is 2.27. The fraction of sp³-hybridized carbons (Fsp3) is 0.417. The molecule has 1 aliphatic heterocycles. The molecular weight excluding hydrogens is 190 g/mol. The molecule has 0 aromatic carbocycles. The van der Waals surface area contributed by atoms with E-state index in [1.165, 1.54) is 0 Å². The molecule has 0 unspecified atom stereocenters. The smallest absolute Gasteiger partial charge is 0.212 e. The molecular formula is C12H15NO2. The Bertz CT molecular complexity index is 360. The highest BCUT2D eigenvalue weighted by Crippen LogP contribution is 2.46. The SMILES string of the molecule is C=C[C@]1(C)CO[C@@H]1c1ccc(OC)nc1. The number of methoxy groups -OCH3 is 1. The van der Waals surface area contributed by atoms with Gasteiger partial charge < -0.3 is 9.47 Å². The van der Waals surface area contributed by atoms with E-state index in [1.807, 2.05) is 18.2 Å². The molecule has 2 rings (SSSR count). The van der Waals surface area contributed by atoms with Gasteiger partial charge in [-0.05, 0) is 6.07 Å². The van der Waals surface area contributed by atoms with Crippen LogP contribution in [0.3, 0.4) is 0 Å². The second kappa shape index (κ2) is 3.66. The zero-order valence-corrected chi connectivity index (χ0v) is 9.06. The van der Waals surface area contributed by atoms with Crippen molar-refractivity contribution in [1.29, 1.82) is 0 Å². The van der Waals surface area contributed by atoms with Crippen LogP contribution in [0.4, 0.5) is 0 Å². The van der Waals surface area contributed by atoms with Gasteiger partial charge in [0.05, 0.1) is 19.8 Å². The molecule has 3 nitrogen and oxygen atoms in total. The third-order valence-corrected chi connectivity index (χ3v) is 2.90. The highest BCUT2D eigenvalue weighted by atomic mass is 16.5. The van der Waals surface area contributed by atoms with Gasteiger partial charge in [-0.15, -0.1) is 6.58 Å². The molecule has 0 amide bonds. The Morgan fingerprint density at radius 3 is 2.87 bits per heavy atom. The van der Waals surface area contributed by atoms with Gasteiger partial charge in [0, 0.05) is 23.2 Å². The summed E-state index contributed by atoms with van der Waals surface area (Å²) in [6, 6.07) is 3.83. The first-order valence-corrected chi connectivity index (χ1v) is 4.95. The zero-order valence-electron chi connectivity index (χ0n) is 9.06. The number of hydrogen-bond acceptors (Lipinski definition) is 3. The largest absolute Gasteiger partial charge is 0.481 e. The number of ether oxygens (including phenoxy) is 2. The van der Waals surface area contributed by atoms with Crippen molar-refractivity contribution in [3.8, 4) is 5.88 Å². The predicted octanol–water partition coefficient (Wildman–Crippen LogP) is 2.35. The molecule has 0 spiro atoms. The van der Waals surface area contributed by atoms with Crippen molar-refractivity contribution in [3.63, 3.8) is 0 Å². The van der Waals surface area contributed by atoms with E-state index in [0.717, 1.165) is 12.2 Å². The fourth-order valence-electron chi connectivity index (χ4n) is 1.74. The molecule has 0 saturated carbocycles. The van der Waals surface area contributed by atoms with E-state index in [0.29, 0.717) is 5.88 Å². The van der Waals surface area contributed by atoms with Crippen molar-refractivity contribution in [1.82, 2.24) is 4.98 Å². The fourth-order valence-corrected chi connectivity index (χ4v) is 1.74. The monoisotopic (exact) mass is 205 g/mol. The lowest BCUT2D eigenvalue weighted by Crippen LogP contribution is -2.41. The van der Waals surface area contributed by atoms with E-state index in [-0.39, 0.29) is 11.5 Å². The zero-order chi connectivity index (χ0) is 10.9.